The van der Waals surface area contributed by atoms with Gasteiger partial charge in [0.05, 0.1) is 12.2 Å². The summed E-state index contributed by atoms with van der Waals surface area (Å²) in [7, 11) is 2.00. The Morgan fingerprint density at radius 3 is 2.75 bits per heavy atom. The average Bonchev–Trinajstić information content (AvgIpc) is 2.41. The summed E-state index contributed by atoms with van der Waals surface area (Å²) in [6, 6.07) is 6.03. The molecule has 5 heteroatoms. The molecule has 0 aliphatic carbocycles. The van der Waals surface area contributed by atoms with E-state index in [2.05, 4.69) is 26.8 Å². The summed E-state index contributed by atoms with van der Waals surface area (Å²) in [5, 5.41) is 0.543. The molecule has 0 saturated carbocycles. The first-order valence-electron chi connectivity index (χ1n) is 6.75. The van der Waals surface area contributed by atoms with E-state index in [1.165, 1.54) is 6.33 Å². The molecule has 0 aliphatic rings. The molecular weight excluding hydrogens is 272 g/mol. The fourth-order valence-electron chi connectivity index (χ4n) is 2.18. The van der Waals surface area contributed by atoms with Gasteiger partial charge in [-0.3, -0.25) is 4.98 Å². The fourth-order valence-corrected chi connectivity index (χ4v) is 2.40. The predicted molar refractivity (Wildman–Crippen MR) is 82.1 cm³/mol. The number of rotatable bonds is 5. The lowest BCUT2D eigenvalue weighted by Gasteiger charge is -2.21. The second-order valence-corrected chi connectivity index (χ2v) is 5.20. The maximum absolute atomic E-state index is 6.19. The number of hydrogen-bond acceptors (Lipinski definition) is 4. The molecule has 2 aromatic heterocycles. The van der Waals surface area contributed by atoms with Crippen LogP contribution in [0.25, 0.3) is 0 Å². The molecular formula is C15H19ClN4. The predicted octanol–water partition coefficient (Wildman–Crippen LogP) is 3.42. The smallest absolute Gasteiger partial charge is 0.137 e. The lowest BCUT2D eigenvalue weighted by atomic mass is 10.1. The van der Waals surface area contributed by atoms with Crippen molar-refractivity contribution in [3.63, 3.8) is 0 Å². The van der Waals surface area contributed by atoms with Crippen molar-refractivity contribution in [1.82, 2.24) is 15.0 Å². The van der Waals surface area contributed by atoms with Crippen LogP contribution in [0, 0.1) is 6.92 Å². The van der Waals surface area contributed by atoms with E-state index in [1.54, 1.807) is 0 Å². The summed E-state index contributed by atoms with van der Waals surface area (Å²) in [6.07, 6.45) is 3.40. The largest absolute Gasteiger partial charge is 0.353 e. The quantitative estimate of drug-likeness (QED) is 0.791. The van der Waals surface area contributed by atoms with Crippen molar-refractivity contribution in [2.24, 2.45) is 0 Å². The minimum atomic E-state index is 0.543. The Morgan fingerprint density at radius 2 is 2.05 bits per heavy atom. The first kappa shape index (κ1) is 14.7. The monoisotopic (exact) mass is 290 g/mol. The highest BCUT2D eigenvalue weighted by Gasteiger charge is 2.13. The van der Waals surface area contributed by atoms with Gasteiger partial charge in [0.25, 0.3) is 0 Å². The maximum atomic E-state index is 6.19. The summed E-state index contributed by atoms with van der Waals surface area (Å²) in [6.45, 7) is 4.81. The highest BCUT2D eigenvalue weighted by Crippen LogP contribution is 2.24. The van der Waals surface area contributed by atoms with Gasteiger partial charge in [0.1, 0.15) is 17.3 Å². The Kier molecular flexibility index (Phi) is 4.90. The van der Waals surface area contributed by atoms with Gasteiger partial charge in [-0.25, -0.2) is 9.97 Å². The Bertz CT molecular complexity index is 586. The lowest BCUT2D eigenvalue weighted by molar-refractivity contribution is 0.824. The number of nitrogens with zero attached hydrogens (tertiary/aromatic N) is 4. The zero-order valence-corrected chi connectivity index (χ0v) is 12.9. The van der Waals surface area contributed by atoms with Gasteiger partial charge < -0.3 is 4.90 Å². The molecule has 0 bridgehead atoms. The van der Waals surface area contributed by atoms with Crippen LogP contribution in [0.1, 0.15) is 30.3 Å². The van der Waals surface area contributed by atoms with E-state index in [0.717, 1.165) is 35.6 Å². The molecule has 0 saturated heterocycles. The van der Waals surface area contributed by atoms with Crippen LogP contribution >= 0.6 is 11.6 Å². The number of halogens is 1. The van der Waals surface area contributed by atoms with E-state index >= 15 is 0 Å². The number of aryl methyl sites for hydroxylation is 1. The summed E-state index contributed by atoms with van der Waals surface area (Å²) in [5.74, 6) is 0.884. The highest BCUT2D eigenvalue weighted by molar-refractivity contribution is 6.30. The fraction of sp³-hybridized carbons (Fsp3) is 0.400. The topological polar surface area (TPSA) is 41.9 Å². The van der Waals surface area contributed by atoms with E-state index in [1.807, 2.05) is 32.2 Å². The Labute approximate surface area is 124 Å². The van der Waals surface area contributed by atoms with E-state index in [4.69, 9.17) is 11.6 Å². The summed E-state index contributed by atoms with van der Waals surface area (Å²) >= 11 is 6.19. The second-order valence-electron chi connectivity index (χ2n) is 4.84. The molecule has 0 aliphatic heterocycles. The first-order valence-corrected chi connectivity index (χ1v) is 7.12. The molecule has 4 nitrogen and oxygen atoms in total. The van der Waals surface area contributed by atoms with Gasteiger partial charge in [-0.05, 0) is 25.5 Å². The molecule has 0 unspecified atom stereocenters. The van der Waals surface area contributed by atoms with Crippen molar-refractivity contribution in [1.29, 1.82) is 0 Å². The van der Waals surface area contributed by atoms with Crippen molar-refractivity contribution in [2.45, 2.75) is 33.2 Å². The molecule has 20 heavy (non-hydrogen) atoms. The summed E-state index contributed by atoms with van der Waals surface area (Å²) < 4.78 is 0. The molecule has 0 aromatic carbocycles. The molecule has 0 fully saturated rings. The van der Waals surface area contributed by atoms with Crippen LogP contribution in [-0.4, -0.2) is 22.0 Å². The average molecular weight is 291 g/mol. The minimum Gasteiger partial charge on any atom is -0.353 e. The van der Waals surface area contributed by atoms with Crippen molar-refractivity contribution in [2.75, 3.05) is 11.9 Å². The number of aromatic nitrogens is 3. The Morgan fingerprint density at radius 1 is 1.25 bits per heavy atom. The number of anilines is 1. The van der Waals surface area contributed by atoms with Gasteiger partial charge in [0.15, 0.2) is 0 Å². The summed E-state index contributed by atoms with van der Waals surface area (Å²) in [5.41, 5.74) is 3.04. The van der Waals surface area contributed by atoms with Crippen LogP contribution in [0.3, 0.4) is 0 Å². The molecule has 2 heterocycles. The highest BCUT2D eigenvalue weighted by atomic mass is 35.5. The number of hydrogen-bond donors (Lipinski definition) is 0. The van der Waals surface area contributed by atoms with Gasteiger partial charge in [0.2, 0.25) is 0 Å². The number of pyridine rings is 1. The molecule has 106 valence electrons. The molecule has 0 spiro atoms. The third-order valence-electron chi connectivity index (χ3n) is 3.08. The van der Waals surface area contributed by atoms with Gasteiger partial charge in [-0.1, -0.05) is 31.0 Å². The molecule has 0 radical (unpaired) electrons. The van der Waals surface area contributed by atoms with E-state index in [0.29, 0.717) is 11.7 Å². The van der Waals surface area contributed by atoms with Crippen LogP contribution in [0.5, 0.6) is 0 Å². The van der Waals surface area contributed by atoms with Crippen LogP contribution in [0.2, 0.25) is 5.15 Å². The molecule has 0 atom stereocenters. The molecule has 2 rings (SSSR count). The van der Waals surface area contributed by atoms with Crippen LogP contribution in [-0.2, 0) is 13.0 Å². The van der Waals surface area contributed by atoms with Gasteiger partial charge in [0, 0.05) is 18.3 Å². The molecule has 0 N–H and O–H groups in total. The van der Waals surface area contributed by atoms with Crippen LogP contribution < -0.4 is 4.90 Å². The molecule has 0 amide bonds. The van der Waals surface area contributed by atoms with Crippen molar-refractivity contribution in [3.05, 3.63) is 46.6 Å². The third-order valence-corrected chi connectivity index (χ3v) is 3.40. The van der Waals surface area contributed by atoms with E-state index < -0.39 is 0 Å². The van der Waals surface area contributed by atoms with Crippen molar-refractivity contribution < 1.29 is 0 Å². The standard InChI is InChI=1S/C15H19ClN4/c1-4-6-13-14(16)17-10-18-15(13)20(3)9-12-8-5-7-11(2)19-12/h5,7-8,10H,4,6,9H2,1-3H3. The second kappa shape index (κ2) is 6.66. The zero-order chi connectivity index (χ0) is 14.5. The van der Waals surface area contributed by atoms with Gasteiger partial charge >= 0.3 is 0 Å². The van der Waals surface area contributed by atoms with Gasteiger partial charge in [-0.15, -0.1) is 0 Å². The van der Waals surface area contributed by atoms with Gasteiger partial charge in [-0.2, -0.15) is 0 Å². The van der Waals surface area contributed by atoms with E-state index in [9.17, 15) is 0 Å². The third kappa shape index (κ3) is 3.45. The summed E-state index contributed by atoms with van der Waals surface area (Å²) in [4.78, 5) is 15.0. The van der Waals surface area contributed by atoms with E-state index in [-0.39, 0.29) is 0 Å². The zero-order valence-electron chi connectivity index (χ0n) is 12.1. The maximum Gasteiger partial charge on any atom is 0.137 e. The minimum absolute atomic E-state index is 0.543. The molecule has 2 aromatic rings. The SMILES string of the molecule is CCCc1c(Cl)ncnc1N(C)Cc1cccc(C)n1. The van der Waals surface area contributed by atoms with Crippen molar-refractivity contribution in [3.8, 4) is 0 Å². The van der Waals surface area contributed by atoms with Crippen LogP contribution in [0.15, 0.2) is 24.5 Å². The Balaban J connectivity index is 2.25. The van der Waals surface area contributed by atoms with Crippen LogP contribution in [0.4, 0.5) is 5.82 Å². The normalized spacial score (nSPS) is 10.6. The van der Waals surface area contributed by atoms with Crippen molar-refractivity contribution >= 4 is 17.4 Å². The lowest BCUT2D eigenvalue weighted by Crippen LogP contribution is -2.20. The first-order chi connectivity index (χ1) is 9.61. The Hall–Kier alpha value is -1.68.